The highest BCUT2D eigenvalue weighted by Crippen LogP contribution is 2.22. The molecule has 0 aliphatic rings. The van der Waals surface area contributed by atoms with Crippen LogP contribution in [0.3, 0.4) is 0 Å². The van der Waals surface area contributed by atoms with Crippen LogP contribution in [0, 0.1) is 11.3 Å². The standard InChI is InChI=1S/C14H9ClN2O2S/c15-12-3-5-13(6-4-12)20(18,19)14(9-16)8-11-2-1-7-17-10-11/h1-8,10H. The molecule has 20 heavy (non-hydrogen) atoms. The van der Waals surface area contributed by atoms with Crippen LogP contribution in [0.15, 0.2) is 58.6 Å². The fourth-order valence-electron chi connectivity index (χ4n) is 1.52. The lowest BCUT2D eigenvalue weighted by atomic mass is 10.3. The van der Waals surface area contributed by atoms with Gasteiger partial charge in [-0.25, -0.2) is 8.42 Å². The van der Waals surface area contributed by atoms with Crippen LogP contribution in [0.5, 0.6) is 0 Å². The molecule has 100 valence electrons. The molecule has 2 rings (SSSR count). The molecule has 0 bridgehead atoms. The minimum atomic E-state index is -3.85. The number of hydrogen-bond acceptors (Lipinski definition) is 4. The second-order valence-electron chi connectivity index (χ2n) is 3.86. The monoisotopic (exact) mass is 304 g/mol. The van der Waals surface area contributed by atoms with Gasteiger partial charge in [-0.05, 0) is 42.0 Å². The Bertz CT molecular complexity index is 776. The Morgan fingerprint density at radius 3 is 2.50 bits per heavy atom. The van der Waals surface area contributed by atoms with Gasteiger partial charge in [0, 0.05) is 17.4 Å². The van der Waals surface area contributed by atoms with Gasteiger partial charge in [0.1, 0.15) is 11.0 Å². The highest BCUT2D eigenvalue weighted by molar-refractivity contribution is 7.95. The predicted molar refractivity (Wildman–Crippen MR) is 76.5 cm³/mol. The van der Waals surface area contributed by atoms with Crippen LogP contribution < -0.4 is 0 Å². The van der Waals surface area contributed by atoms with E-state index in [-0.39, 0.29) is 9.80 Å². The number of allylic oxidation sites excluding steroid dienone is 1. The molecule has 0 aliphatic carbocycles. The number of hydrogen-bond donors (Lipinski definition) is 0. The lowest BCUT2D eigenvalue weighted by Gasteiger charge is -2.03. The van der Waals surface area contributed by atoms with Crippen molar-refractivity contribution in [3.8, 4) is 6.07 Å². The number of rotatable bonds is 3. The van der Waals surface area contributed by atoms with Gasteiger partial charge in [0.25, 0.3) is 0 Å². The third-order valence-corrected chi connectivity index (χ3v) is 4.44. The molecule has 0 spiro atoms. The maximum Gasteiger partial charge on any atom is 0.216 e. The molecule has 0 aliphatic heterocycles. The van der Waals surface area contributed by atoms with E-state index in [9.17, 15) is 8.42 Å². The van der Waals surface area contributed by atoms with Crippen molar-refractivity contribution in [2.45, 2.75) is 4.90 Å². The van der Waals surface area contributed by atoms with Gasteiger partial charge in [-0.3, -0.25) is 4.98 Å². The van der Waals surface area contributed by atoms with E-state index in [1.54, 1.807) is 24.4 Å². The van der Waals surface area contributed by atoms with Gasteiger partial charge in [0.2, 0.25) is 9.84 Å². The van der Waals surface area contributed by atoms with Crippen molar-refractivity contribution in [3.05, 3.63) is 64.3 Å². The Hall–Kier alpha value is -2.16. The maximum absolute atomic E-state index is 12.3. The summed E-state index contributed by atoms with van der Waals surface area (Å²) in [6.07, 6.45) is 4.34. The molecular formula is C14H9ClN2O2S. The van der Waals surface area contributed by atoms with Gasteiger partial charge < -0.3 is 0 Å². The molecular weight excluding hydrogens is 296 g/mol. The average Bonchev–Trinajstić information content (AvgIpc) is 2.46. The van der Waals surface area contributed by atoms with Gasteiger partial charge in [-0.1, -0.05) is 17.7 Å². The topological polar surface area (TPSA) is 70.8 Å². The Labute approximate surface area is 121 Å². The molecule has 0 saturated heterocycles. The van der Waals surface area contributed by atoms with E-state index >= 15 is 0 Å². The first-order chi connectivity index (χ1) is 9.54. The smallest absolute Gasteiger partial charge is 0.216 e. The van der Waals surface area contributed by atoms with E-state index in [4.69, 9.17) is 16.9 Å². The van der Waals surface area contributed by atoms with Crippen molar-refractivity contribution >= 4 is 27.5 Å². The number of pyridine rings is 1. The second-order valence-corrected chi connectivity index (χ2v) is 6.22. The number of sulfone groups is 1. The first-order valence-electron chi connectivity index (χ1n) is 5.56. The zero-order valence-electron chi connectivity index (χ0n) is 10.2. The number of aromatic nitrogens is 1. The van der Waals surface area contributed by atoms with E-state index in [1.165, 1.54) is 36.5 Å². The maximum atomic E-state index is 12.3. The lowest BCUT2D eigenvalue weighted by Crippen LogP contribution is -2.03. The molecule has 6 heteroatoms. The average molecular weight is 305 g/mol. The lowest BCUT2D eigenvalue weighted by molar-refractivity contribution is 0.603. The van der Waals surface area contributed by atoms with Crippen LogP contribution in [0.1, 0.15) is 5.56 Å². The molecule has 0 N–H and O–H groups in total. The van der Waals surface area contributed by atoms with Gasteiger partial charge >= 0.3 is 0 Å². The Morgan fingerprint density at radius 1 is 1.25 bits per heavy atom. The summed E-state index contributed by atoms with van der Waals surface area (Å²) in [5, 5.41) is 9.52. The van der Waals surface area contributed by atoms with Crippen LogP contribution in [0.25, 0.3) is 6.08 Å². The van der Waals surface area contributed by atoms with E-state index in [2.05, 4.69) is 4.98 Å². The largest absolute Gasteiger partial charge is 0.264 e. The van der Waals surface area contributed by atoms with E-state index in [0.29, 0.717) is 10.6 Å². The Morgan fingerprint density at radius 2 is 1.95 bits per heavy atom. The highest BCUT2D eigenvalue weighted by atomic mass is 35.5. The number of nitrogens with zero attached hydrogens (tertiary/aromatic N) is 2. The van der Waals surface area contributed by atoms with Crippen LogP contribution in [0.4, 0.5) is 0 Å². The quantitative estimate of drug-likeness (QED) is 0.817. The minimum Gasteiger partial charge on any atom is -0.264 e. The summed E-state index contributed by atoms with van der Waals surface area (Å²) in [5.74, 6) is 0. The minimum absolute atomic E-state index is 0.0265. The third-order valence-electron chi connectivity index (χ3n) is 2.51. The summed E-state index contributed by atoms with van der Waals surface area (Å²) < 4.78 is 24.6. The van der Waals surface area contributed by atoms with Crippen molar-refractivity contribution in [2.24, 2.45) is 0 Å². The summed E-state index contributed by atoms with van der Waals surface area (Å²) in [6, 6.07) is 10.7. The zero-order chi connectivity index (χ0) is 14.6. The van der Waals surface area contributed by atoms with E-state index in [1.807, 2.05) is 0 Å². The highest BCUT2D eigenvalue weighted by Gasteiger charge is 2.20. The van der Waals surface area contributed by atoms with Crippen molar-refractivity contribution in [3.63, 3.8) is 0 Å². The van der Waals surface area contributed by atoms with E-state index < -0.39 is 9.84 Å². The molecule has 1 aromatic carbocycles. The molecule has 0 atom stereocenters. The van der Waals surface area contributed by atoms with Gasteiger partial charge in [-0.2, -0.15) is 5.26 Å². The molecule has 1 heterocycles. The molecule has 4 nitrogen and oxygen atoms in total. The zero-order valence-corrected chi connectivity index (χ0v) is 11.8. The molecule has 1 aromatic heterocycles. The second kappa shape index (κ2) is 5.87. The van der Waals surface area contributed by atoms with Crippen LogP contribution in [-0.4, -0.2) is 13.4 Å². The molecule has 0 radical (unpaired) electrons. The normalized spacial score (nSPS) is 11.9. The Kier molecular flexibility index (Phi) is 4.18. The van der Waals surface area contributed by atoms with Crippen LogP contribution in [0.2, 0.25) is 5.02 Å². The molecule has 0 unspecified atom stereocenters. The van der Waals surface area contributed by atoms with Crippen molar-refractivity contribution < 1.29 is 8.42 Å². The summed E-state index contributed by atoms with van der Waals surface area (Å²) in [6.45, 7) is 0. The number of benzene rings is 1. The van der Waals surface area contributed by atoms with E-state index in [0.717, 1.165) is 0 Å². The first-order valence-corrected chi connectivity index (χ1v) is 7.42. The van der Waals surface area contributed by atoms with Crippen molar-refractivity contribution in [1.82, 2.24) is 4.98 Å². The fraction of sp³-hybridized carbons (Fsp3) is 0. The number of halogens is 1. The molecule has 0 saturated carbocycles. The summed E-state index contributed by atoms with van der Waals surface area (Å²) in [4.78, 5) is 3.56. The Balaban J connectivity index is 2.49. The summed E-state index contributed by atoms with van der Waals surface area (Å²) in [5.41, 5.74) is 0.543. The molecule has 0 fully saturated rings. The SMILES string of the molecule is N#CC(=Cc1cccnc1)S(=O)(=O)c1ccc(Cl)cc1. The predicted octanol–water partition coefficient (Wildman–Crippen LogP) is 3.07. The van der Waals surface area contributed by atoms with Crippen LogP contribution >= 0.6 is 11.6 Å². The first kappa shape index (κ1) is 14.3. The molecule has 2 aromatic rings. The van der Waals surface area contributed by atoms with Gasteiger partial charge in [-0.15, -0.1) is 0 Å². The van der Waals surface area contributed by atoms with Crippen LogP contribution in [-0.2, 0) is 9.84 Å². The van der Waals surface area contributed by atoms with Crippen molar-refractivity contribution in [2.75, 3.05) is 0 Å². The number of nitriles is 1. The van der Waals surface area contributed by atoms with Gasteiger partial charge in [0.05, 0.1) is 4.90 Å². The fourth-order valence-corrected chi connectivity index (χ4v) is 2.81. The summed E-state index contributed by atoms with van der Waals surface area (Å²) >= 11 is 5.72. The van der Waals surface area contributed by atoms with Gasteiger partial charge in [0.15, 0.2) is 0 Å². The van der Waals surface area contributed by atoms with Crippen molar-refractivity contribution in [1.29, 1.82) is 5.26 Å². The summed E-state index contributed by atoms with van der Waals surface area (Å²) in [7, 11) is -3.85. The molecule has 0 amide bonds. The third kappa shape index (κ3) is 3.05.